The van der Waals surface area contributed by atoms with Crippen molar-refractivity contribution in [3.05, 3.63) is 0 Å². The van der Waals surface area contributed by atoms with Gasteiger partial charge in [0.2, 0.25) is 5.91 Å². The molecule has 0 heterocycles. The fourth-order valence-corrected chi connectivity index (χ4v) is 1.42. The lowest BCUT2D eigenvalue weighted by molar-refractivity contribution is -0.149. The Labute approximate surface area is 95.7 Å². The highest BCUT2D eigenvalue weighted by molar-refractivity contribution is 5.85. The standard InChI is InChI=1S/C11H19NO4/c1-3-16-10(13)8-12(6-7-15-2)11(14)9-4-5-9/h9H,3-8H2,1-2H3. The number of methoxy groups -OCH3 is 1. The Hall–Kier alpha value is -1.10. The number of carbonyl (C=O) groups is 2. The van der Waals surface area contributed by atoms with E-state index in [1.54, 1.807) is 14.0 Å². The molecule has 1 rings (SSSR count). The van der Waals surface area contributed by atoms with Crippen molar-refractivity contribution in [1.82, 2.24) is 4.90 Å². The predicted molar refractivity (Wildman–Crippen MR) is 57.8 cm³/mol. The average Bonchev–Trinajstić information content (AvgIpc) is 3.07. The molecule has 0 N–H and O–H groups in total. The number of hydrogen-bond donors (Lipinski definition) is 0. The Bertz CT molecular complexity index is 250. The summed E-state index contributed by atoms with van der Waals surface area (Å²) in [5.41, 5.74) is 0. The molecule has 1 saturated carbocycles. The fraction of sp³-hybridized carbons (Fsp3) is 0.818. The minimum atomic E-state index is -0.354. The molecule has 0 aromatic heterocycles. The van der Waals surface area contributed by atoms with Gasteiger partial charge in [0.25, 0.3) is 0 Å². The highest BCUT2D eigenvalue weighted by Gasteiger charge is 2.34. The second kappa shape index (κ2) is 6.48. The zero-order chi connectivity index (χ0) is 12.0. The molecule has 92 valence electrons. The average molecular weight is 229 g/mol. The van der Waals surface area contributed by atoms with E-state index in [4.69, 9.17) is 9.47 Å². The van der Waals surface area contributed by atoms with E-state index in [-0.39, 0.29) is 24.3 Å². The number of rotatable bonds is 7. The Morgan fingerprint density at radius 3 is 2.56 bits per heavy atom. The lowest BCUT2D eigenvalue weighted by Gasteiger charge is -2.21. The second-order valence-electron chi connectivity index (χ2n) is 3.83. The Morgan fingerprint density at radius 1 is 1.38 bits per heavy atom. The molecule has 0 atom stereocenters. The third kappa shape index (κ3) is 4.18. The monoisotopic (exact) mass is 229 g/mol. The van der Waals surface area contributed by atoms with Crippen molar-refractivity contribution in [1.29, 1.82) is 0 Å². The van der Waals surface area contributed by atoms with E-state index in [9.17, 15) is 9.59 Å². The van der Waals surface area contributed by atoms with Crippen molar-refractivity contribution in [2.75, 3.05) is 33.4 Å². The van der Waals surface area contributed by atoms with Crippen LogP contribution < -0.4 is 0 Å². The van der Waals surface area contributed by atoms with E-state index in [0.29, 0.717) is 19.8 Å². The van der Waals surface area contributed by atoms with E-state index in [2.05, 4.69) is 0 Å². The first kappa shape index (κ1) is 13.0. The zero-order valence-electron chi connectivity index (χ0n) is 9.90. The number of hydrogen-bond acceptors (Lipinski definition) is 4. The van der Waals surface area contributed by atoms with Gasteiger partial charge in [-0.05, 0) is 19.8 Å². The number of ether oxygens (including phenoxy) is 2. The van der Waals surface area contributed by atoms with Crippen LogP contribution in [0, 0.1) is 5.92 Å². The molecule has 0 aliphatic heterocycles. The third-order valence-corrected chi connectivity index (χ3v) is 2.43. The third-order valence-electron chi connectivity index (χ3n) is 2.43. The summed E-state index contributed by atoms with van der Waals surface area (Å²) in [5.74, 6) is -0.191. The van der Waals surface area contributed by atoms with Crippen molar-refractivity contribution in [3.63, 3.8) is 0 Å². The summed E-state index contributed by atoms with van der Waals surface area (Å²) in [5, 5.41) is 0. The first-order chi connectivity index (χ1) is 7.69. The molecule has 1 aliphatic rings. The van der Waals surface area contributed by atoms with Crippen LogP contribution in [-0.2, 0) is 19.1 Å². The van der Waals surface area contributed by atoms with Crippen LogP contribution in [0.15, 0.2) is 0 Å². The molecule has 0 unspecified atom stereocenters. The van der Waals surface area contributed by atoms with Gasteiger partial charge in [0.05, 0.1) is 13.2 Å². The molecule has 0 spiro atoms. The highest BCUT2D eigenvalue weighted by Crippen LogP contribution is 2.30. The van der Waals surface area contributed by atoms with Crippen LogP contribution in [0.4, 0.5) is 0 Å². The lowest BCUT2D eigenvalue weighted by Crippen LogP contribution is -2.39. The van der Waals surface area contributed by atoms with Gasteiger partial charge in [0.15, 0.2) is 0 Å². The summed E-state index contributed by atoms with van der Waals surface area (Å²) >= 11 is 0. The van der Waals surface area contributed by atoms with Gasteiger partial charge < -0.3 is 14.4 Å². The normalized spacial score (nSPS) is 14.6. The van der Waals surface area contributed by atoms with Gasteiger partial charge in [-0.2, -0.15) is 0 Å². The Kier molecular flexibility index (Phi) is 5.25. The van der Waals surface area contributed by atoms with Crippen molar-refractivity contribution in [2.45, 2.75) is 19.8 Å². The molecule has 0 aromatic rings. The van der Waals surface area contributed by atoms with Gasteiger partial charge in [0, 0.05) is 19.6 Å². The molecule has 5 nitrogen and oxygen atoms in total. The van der Waals surface area contributed by atoms with Crippen LogP contribution in [0.3, 0.4) is 0 Å². The maximum Gasteiger partial charge on any atom is 0.325 e. The Balaban J connectivity index is 2.42. The maximum absolute atomic E-state index is 11.8. The van der Waals surface area contributed by atoms with Crippen LogP contribution in [0.1, 0.15) is 19.8 Å². The van der Waals surface area contributed by atoms with Crippen LogP contribution in [0.25, 0.3) is 0 Å². The van der Waals surface area contributed by atoms with Crippen LogP contribution in [-0.4, -0.2) is 50.2 Å². The van der Waals surface area contributed by atoms with Crippen LogP contribution >= 0.6 is 0 Å². The molecular weight excluding hydrogens is 210 g/mol. The van der Waals surface area contributed by atoms with Gasteiger partial charge in [0.1, 0.15) is 6.54 Å². The van der Waals surface area contributed by atoms with Gasteiger partial charge in [-0.15, -0.1) is 0 Å². The maximum atomic E-state index is 11.8. The van der Waals surface area contributed by atoms with Gasteiger partial charge in [-0.1, -0.05) is 0 Å². The first-order valence-corrected chi connectivity index (χ1v) is 5.62. The molecule has 5 heteroatoms. The van der Waals surface area contributed by atoms with Crippen molar-refractivity contribution in [2.24, 2.45) is 5.92 Å². The number of amides is 1. The minimum absolute atomic E-state index is 0.0343. The van der Waals surface area contributed by atoms with Crippen molar-refractivity contribution < 1.29 is 19.1 Å². The predicted octanol–water partition coefficient (Wildman–Crippen LogP) is 0.434. The molecule has 1 aliphatic carbocycles. The molecule has 0 aromatic carbocycles. The summed E-state index contributed by atoms with van der Waals surface area (Å²) in [6.45, 7) is 3.02. The van der Waals surface area contributed by atoms with Crippen molar-refractivity contribution >= 4 is 11.9 Å². The molecule has 1 amide bonds. The zero-order valence-corrected chi connectivity index (χ0v) is 9.90. The summed E-state index contributed by atoms with van der Waals surface area (Å²) in [6, 6.07) is 0. The van der Waals surface area contributed by atoms with Gasteiger partial charge in [-0.25, -0.2) is 0 Å². The van der Waals surface area contributed by atoms with E-state index in [1.807, 2.05) is 0 Å². The van der Waals surface area contributed by atoms with Gasteiger partial charge >= 0.3 is 5.97 Å². The molecule has 0 saturated heterocycles. The number of esters is 1. The molecular formula is C11H19NO4. The lowest BCUT2D eigenvalue weighted by atomic mass is 10.3. The fourth-order valence-electron chi connectivity index (χ4n) is 1.42. The van der Waals surface area contributed by atoms with E-state index in [1.165, 1.54) is 4.90 Å². The van der Waals surface area contributed by atoms with Crippen molar-refractivity contribution in [3.8, 4) is 0 Å². The van der Waals surface area contributed by atoms with E-state index < -0.39 is 0 Å². The summed E-state index contributed by atoms with van der Waals surface area (Å²) < 4.78 is 9.75. The van der Waals surface area contributed by atoms with Crippen LogP contribution in [0.2, 0.25) is 0 Å². The largest absolute Gasteiger partial charge is 0.465 e. The summed E-state index contributed by atoms with van der Waals surface area (Å²) in [6.07, 6.45) is 1.87. The minimum Gasteiger partial charge on any atom is -0.465 e. The number of carbonyl (C=O) groups excluding carboxylic acids is 2. The van der Waals surface area contributed by atoms with E-state index >= 15 is 0 Å². The van der Waals surface area contributed by atoms with Crippen LogP contribution in [0.5, 0.6) is 0 Å². The summed E-state index contributed by atoms with van der Waals surface area (Å²) in [7, 11) is 1.57. The molecule has 16 heavy (non-hydrogen) atoms. The quantitative estimate of drug-likeness (QED) is 0.594. The highest BCUT2D eigenvalue weighted by atomic mass is 16.5. The molecule has 1 fully saturated rings. The molecule has 0 bridgehead atoms. The Morgan fingerprint density at radius 2 is 2.06 bits per heavy atom. The summed E-state index contributed by atoms with van der Waals surface area (Å²) in [4.78, 5) is 24.6. The SMILES string of the molecule is CCOC(=O)CN(CCOC)C(=O)C1CC1. The first-order valence-electron chi connectivity index (χ1n) is 5.62. The molecule has 0 radical (unpaired) electrons. The van der Waals surface area contributed by atoms with E-state index in [0.717, 1.165) is 12.8 Å². The smallest absolute Gasteiger partial charge is 0.325 e. The van der Waals surface area contributed by atoms with Gasteiger partial charge in [-0.3, -0.25) is 9.59 Å². The number of nitrogens with zero attached hydrogens (tertiary/aromatic N) is 1. The topological polar surface area (TPSA) is 55.8 Å². The second-order valence-corrected chi connectivity index (χ2v) is 3.83.